The fourth-order valence-electron chi connectivity index (χ4n) is 7.58. The average molecular weight is 631 g/mol. The SMILES string of the molecule is CCCCCCCCCCCCCCCc1ccc2c3ccc(CCCCCCCCCCCCCCC)cc3n(C(C)N)c2c1. The quantitative estimate of drug-likeness (QED) is 0.0760. The van der Waals surface area contributed by atoms with Crippen LogP contribution in [0.3, 0.4) is 0 Å². The first-order valence-electron chi connectivity index (χ1n) is 20.5. The Morgan fingerprint density at radius 3 is 1.00 bits per heavy atom. The van der Waals surface area contributed by atoms with E-state index in [1.165, 1.54) is 213 Å². The lowest BCUT2D eigenvalue weighted by Crippen LogP contribution is -2.14. The number of nitrogens with zero attached hydrogens (tertiary/aromatic N) is 1. The molecule has 1 aromatic heterocycles. The van der Waals surface area contributed by atoms with Gasteiger partial charge in [-0.05, 0) is 55.9 Å². The maximum atomic E-state index is 6.60. The van der Waals surface area contributed by atoms with Crippen molar-refractivity contribution >= 4 is 21.8 Å². The molecule has 0 spiro atoms. The summed E-state index contributed by atoms with van der Waals surface area (Å²) < 4.78 is 2.39. The highest BCUT2D eigenvalue weighted by atomic mass is 15.1. The molecule has 0 saturated carbocycles. The van der Waals surface area contributed by atoms with E-state index >= 15 is 0 Å². The third kappa shape index (κ3) is 14.5. The summed E-state index contributed by atoms with van der Waals surface area (Å²) in [7, 11) is 0. The summed E-state index contributed by atoms with van der Waals surface area (Å²) in [6, 6.07) is 14.3. The van der Waals surface area contributed by atoms with Gasteiger partial charge < -0.3 is 10.3 Å². The van der Waals surface area contributed by atoms with Crippen LogP contribution in [-0.4, -0.2) is 4.57 Å². The van der Waals surface area contributed by atoms with E-state index in [0.717, 1.165) is 0 Å². The van der Waals surface area contributed by atoms with E-state index in [-0.39, 0.29) is 6.17 Å². The molecule has 0 aliphatic rings. The third-order valence-electron chi connectivity index (χ3n) is 10.5. The van der Waals surface area contributed by atoms with Crippen molar-refractivity contribution in [1.29, 1.82) is 0 Å². The number of rotatable bonds is 29. The summed E-state index contributed by atoms with van der Waals surface area (Å²) in [5.41, 5.74) is 12.2. The minimum absolute atomic E-state index is 0.0295. The summed E-state index contributed by atoms with van der Waals surface area (Å²) in [4.78, 5) is 0. The number of fused-ring (bicyclic) bond motifs is 3. The van der Waals surface area contributed by atoms with Gasteiger partial charge in [-0.1, -0.05) is 192 Å². The van der Waals surface area contributed by atoms with E-state index in [2.05, 4.69) is 61.7 Å². The molecule has 0 aliphatic carbocycles. The van der Waals surface area contributed by atoms with Crippen LogP contribution >= 0.6 is 0 Å². The van der Waals surface area contributed by atoms with Crippen molar-refractivity contribution in [2.75, 3.05) is 0 Å². The first-order chi connectivity index (χ1) is 22.7. The first-order valence-corrected chi connectivity index (χ1v) is 20.5. The minimum Gasteiger partial charge on any atom is -0.325 e. The second-order valence-corrected chi connectivity index (χ2v) is 14.8. The lowest BCUT2D eigenvalue weighted by molar-refractivity contribution is 0.539. The molecule has 0 radical (unpaired) electrons. The van der Waals surface area contributed by atoms with Crippen LogP contribution in [0.15, 0.2) is 36.4 Å². The maximum absolute atomic E-state index is 6.60. The molecule has 1 heterocycles. The Bertz CT molecular complexity index is 1080. The number of aryl methyl sites for hydroxylation is 2. The summed E-state index contributed by atoms with van der Waals surface area (Å²) >= 11 is 0. The van der Waals surface area contributed by atoms with Gasteiger partial charge in [0.25, 0.3) is 0 Å². The summed E-state index contributed by atoms with van der Waals surface area (Å²) in [6.45, 7) is 6.74. The van der Waals surface area contributed by atoms with Crippen LogP contribution in [0.5, 0.6) is 0 Å². The molecular formula is C44H74N2. The zero-order valence-electron chi connectivity index (χ0n) is 30.9. The van der Waals surface area contributed by atoms with Crippen LogP contribution in [0.4, 0.5) is 0 Å². The molecule has 0 aliphatic heterocycles. The zero-order valence-corrected chi connectivity index (χ0v) is 30.9. The van der Waals surface area contributed by atoms with Crippen LogP contribution in [0.25, 0.3) is 21.8 Å². The molecule has 2 nitrogen and oxygen atoms in total. The van der Waals surface area contributed by atoms with Gasteiger partial charge in [-0.25, -0.2) is 0 Å². The average Bonchev–Trinajstić information content (AvgIpc) is 3.38. The van der Waals surface area contributed by atoms with E-state index in [9.17, 15) is 0 Å². The molecule has 1 unspecified atom stereocenters. The van der Waals surface area contributed by atoms with E-state index in [1.807, 2.05) is 0 Å². The Morgan fingerprint density at radius 2 is 0.717 bits per heavy atom. The molecule has 0 saturated heterocycles. The number of hydrogen-bond acceptors (Lipinski definition) is 1. The van der Waals surface area contributed by atoms with Crippen molar-refractivity contribution in [1.82, 2.24) is 4.57 Å². The molecule has 0 amide bonds. The number of hydrogen-bond donors (Lipinski definition) is 1. The molecule has 2 N–H and O–H groups in total. The Balaban J connectivity index is 1.36. The van der Waals surface area contributed by atoms with Crippen molar-refractivity contribution in [3.05, 3.63) is 47.5 Å². The summed E-state index contributed by atoms with van der Waals surface area (Å²) in [5.74, 6) is 0. The fraction of sp³-hybridized carbons (Fsp3) is 0.727. The number of aromatic nitrogens is 1. The number of benzene rings is 2. The topological polar surface area (TPSA) is 30.9 Å². The first kappa shape index (κ1) is 38.6. The van der Waals surface area contributed by atoms with E-state index < -0.39 is 0 Å². The normalized spacial score (nSPS) is 12.5. The van der Waals surface area contributed by atoms with E-state index in [4.69, 9.17) is 5.73 Å². The second-order valence-electron chi connectivity index (χ2n) is 14.8. The van der Waals surface area contributed by atoms with Gasteiger partial charge in [-0.2, -0.15) is 0 Å². The van der Waals surface area contributed by atoms with Crippen LogP contribution in [0.2, 0.25) is 0 Å². The lowest BCUT2D eigenvalue weighted by atomic mass is 10.0. The Morgan fingerprint density at radius 1 is 0.435 bits per heavy atom. The zero-order chi connectivity index (χ0) is 32.7. The van der Waals surface area contributed by atoms with Crippen LogP contribution in [-0.2, 0) is 12.8 Å². The molecular weight excluding hydrogens is 556 g/mol. The summed E-state index contributed by atoms with van der Waals surface area (Å²) in [6.07, 6.45) is 39.0. The molecule has 3 rings (SSSR count). The molecule has 260 valence electrons. The highest BCUT2D eigenvalue weighted by Gasteiger charge is 2.14. The van der Waals surface area contributed by atoms with Crippen LogP contribution in [0.1, 0.15) is 205 Å². The Hall–Kier alpha value is -1.80. The second kappa shape index (κ2) is 24.4. The van der Waals surface area contributed by atoms with Crippen LogP contribution < -0.4 is 5.73 Å². The molecule has 2 heteroatoms. The third-order valence-corrected chi connectivity index (χ3v) is 10.5. The van der Waals surface area contributed by atoms with E-state index in [0.29, 0.717) is 0 Å². The lowest BCUT2D eigenvalue weighted by Gasteiger charge is -2.13. The predicted molar refractivity (Wildman–Crippen MR) is 207 cm³/mol. The van der Waals surface area contributed by atoms with Gasteiger partial charge in [-0.15, -0.1) is 0 Å². The number of nitrogens with two attached hydrogens (primary N) is 1. The van der Waals surface area contributed by atoms with Crippen molar-refractivity contribution in [2.45, 2.75) is 207 Å². The smallest absolute Gasteiger partial charge is 0.0792 e. The van der Waals surface area contributed by atoms with Gasteiger partial charge in [0.05, 0.1) is 17.2 Å². The maximum Gasteiger partial charge on any atom is 0.0792 e. The largest absolute Gasteiger partial charge is 0.325 e. The molecule has 2 aromatic carbocycles. The van der Waals surface area contributed by atoms with Crippen molar-refractivity contribution in [3.8, 4) is 0 Å². The van der Waals surface area contributed by atoms with Gasteiger partial charge in [0, 0.05) is 10.8 Å². The van der Waals surface area contributed by atoms with Crippen molar-refractivity contribution < 1.29 is 0 Å². The number of unbranched alkanes of at least 4 members (excludes halogenated alkanes) is 24. The van der Waals surface area contributed by atoms with Crippen LogP contribution in [0, 0.1) is 0 Å². The van der Waals surface area contributed by atoms with Gasteiger partial charge >= 0.3 is 0 Å². The van der Waals surface area contributed by atoms with Gasteiger partial charge in [0.1, 0.15) is 0 Å². The van der Waals surface area contributed by atoms with Crippen molar-refractivity contribution in [3.63, 3.8) is 0 Å². The molecule has 46 heavy (non-hydrogen) atoms. The molecule has 0 bridgehead atoms. The predicted octanol–water partition coefficient (Wildman–Crippen LogP) is 14.5. The van der Waals surface area contributed by atoms with Gasteiger partial charge in [0.15, 0.2) is 0 Å². The Kier molecular flexibility index (Phi) is 20.5. The Labute approximate surface area is 285 Å². The fourth-order valence-corrected chi connectivity index (χ4v) is 7.58. The van der Waals surface area contributed by atoms with Crippen molar-refractivity contribution in [2.24, 2.45) is 5.73 Å². The summed E-state index contributed by atoms with van der Waals surface area (Å²) in [5, 5.41) is 2.71. The van der Waals surface area contributed by atoms with E-state index in [1.54, 1.807) is 0 Å². The molecule has 0 fully saturated rings. The molecule has 1 atom stereocenters. The standard InChI is InChI=1S/C44H74N2/c1-4-6-8-10-12-14-16-18-20-22-24-26-28-30-39-32-34-41-42-35-33-40(37-44(42)46(38(3)45)43(41)36-39)31-29-27-25-23-21-19-17-15-13-11-9-7-5-2/h32-38H,4-31,45H2,1-3H3. The highest BCUT2D eigenvalue weighted by Crippen LogP contribution is 2.33. The monoisotopic (exact) mass is 631 g/mol. The minimum atomic E-state index is -0.0295. The van der Waals surface area contributed by atoms with Gasteiger partial charge in [-0.3, -0.25) is 0 Å². The van der Waals surface area contributed by atoms with Gasteiger partial charge in [0.2, 0.25) is 0 Å². The molecule has 3 aromatic rings. The highest BCUT2D eigenvalue weighted by molar-refractivity contribution is 6.08.